The maximum atomic E-state index is 3.86. The molecule has 0 radical (unpaired) electrons. The van der Waals surface area contributed by atoms with Crippen LogP contribution in [0, 0.1) is 5.92 Å². The summed E-state index contributed by atoms with van der Waals surface area (Å²) in [6, 6.07) is 8.84. The van der Waals surface area contributed by atoms with Crippen LogP contribution in [0.25, 0.3) is 5.69 Å². The van der Waals surface area contributed by atoms with Crippen LogP contribution in [-0.4, -0.2) is 26.2 Å². The number of nitrogens with zero attached hydrogens (tertiary/aromatic N) is 4. The van der Waals surface area contributed by atoms with Gasteiger partial charge >= 0.3 is 0 Å². The van der Waals surface area contributed by atoms with Gasteiger partial charge in [-0.25, -0.2) is 4.68 Å². The fourth-order valence-electron chi connectivity index (χ4n) is 2.56. The molecular weight excluding hydrogens is 226 g/mol. The summed E-state index contributed by atoms with van der Waals surface area (Å²) >= 11 is 0. The Morgan fingerprint density at radius 1 is 1.22 bits per heavy atom. The van der Waals surface area contributed by atoms with Crippen LogP contribution < -0.4 is 5.32 Å². The summed E-state index contributed by atoms with van der Waals surface area (Å²) in [6.07, 6.45) is 5.48. The number of anilines is 1. The predicted octanol–water partition coefficient (Wildman–Crippen LogP) is 2.26. The van der Waals surface area contributed by atoms with Crippen molar-refractivity contribution in [3.8, 4) is 5.69 Å². The summed E-state index contributed by atoms with van der Waals surface area (Å²) in [4.78, 5) is 0. The van der Waals surface area contributed by atoms with Crippen LogP contribution in [0.3, 0.4) is 0 Å². The normalized spacial score (nSPS) is 23.2. The molecule has 2 atom stereocenters. The van der Waals surface area contributed by atoms with Gasteiger partial charge in [0.15, 0.2) is 0 Å². The van der Waals surface area contributed by atoms with E-state index in [9.17, 15) is 0 Å². The first-order valence-corrected chi connectivity index (χ1v) is 6.41. The molecule has 1 saturated carbocycles. The number of nitrogens with one attached hydrogen (secondary N) is 1. The first-order valence-electron chi connectivity index (χ1n) is 6.41. The minimum absolute atomic E-state index is 0.624. The van der Waals surface area contributed by atoms with Crippen molar-refractivity contribution in [2.24, 2.45) is 5.92 Å². The lowest BCUT2D eigenvalue weighted by Gasteiger charge is -2.14. The lowest BCUT2D eigenvalue weighted by Crippen LogP contribution is -2.15. The smallest absolute Gasteiger partial charge is 0.143 e. The highest BCUT2D eigenvalue weighted by molar-refractivity contribution is 5.49. The third-order valence-corrected chi connectivity index (χ3v) is 3.55. The summed E-state index contributed by atoms with van der Waals surface area (Å²) in [5.41, 5.74) is 2.15. The lowest BCUT2D eigenvalue weighted by atomic mass is 10.1. The highest BCUT2D eigenvalue weighted by atomic mass is 15.5. The Morgan fingerprint density at radius 2 is 2.06 bits per heavy atom. The van der Waals surface area contributed by atoms with E-state index in [1.54, 1.807) is 11.0 Å². The van der Waals surface area contributed by atoms with Gasteiger partial charge in [-0.15, -0.1) is 5.10 Å². The molecule has 1 aromatic heterocycles. The van der Waals surface area contributed by atoms with Gasteiger partial charge in [-0.2, -0.15) is 0 Å². The van der Waals surface area contributed by atoms with E-state index in [0.717, 1.165) is 11.6 Å². The average molecular weight is 243 g/mol. The molecule has 1 aromatic carbocycles. The van der Waals surface area contributed by atoms with E-state index < -0.39 is 0 Å². The second-order valence-electron chi connectivity index (χ2n) is 5.06. The third-order valence-electron chi connectivity index (χ3n) is 3.55. The van der Waals surface area contributed by atoms with E-state index in [2.05, 4.69) is 39.9 Å². The van der Waals surface area contributed by atoms with Gasteiger partial charge in [0.2, 0.25) is 0 Å². The largest absolute Gasteiger partial charge is 0.382 e. The predicted molar refractivity (Wildman–Crippen MR) is 69.6 cm³/mol. The van der Waals surface area contributed by atoms with Gasteiger partial charge in [-0.3, -0.25) is 0 Å². The topological polar surface area (TPSA) is 55.6 Å². The molecule has 1 fully saturated rings. The first kappa shape index (κ1) is 11.2. The molecule has 2 aromatic rings. The Hall–Kier alpha value is -1.91. The standard InChI is InChI=1S/C13H17N5/c1-10-2-3-12(8-10)15-11-4-6-13(7-5-11)18-9-14-16-17-18/h4-7,9-10,12,15H,2-3,8H2,1H3. The molecule has 0 saturated heterocycles. The van der Waals surface area contributed by atoms with Crippen LogP contribution in [0.2, 0.25) is 0 Å². The number of benzene rings is 1. The van der Waals surface area contributed by atoms with Crippen LogP contribution in [0.5, 0.6) is 0 Å². The maximum Gasteiger partial charge on any atom is 0.143 e. The van der Waals surface area contributed by atoms with Gasteiger partial charge in [0.05, 0.1) is 5.69 Å². The van der Waals surface area contributed by atoms with Crippen molar-refractivity contribution in [3.63, 3.8) is 0 Å². The monoisotopic (exact) mass is 243 g/mol. The summed E-state index contributed by atoms with van der Waals surface area (Å²) in [6.45, 7) is 2.32. The molecule has 0 aliphatic heterocycles. The van der Waals surface area contributed by atoms with Crippen molar-refractivity contribution in [1.82, 2.24) is 20.2 Å². The molecule has 94 valence electrons. The summed E-state index contributed by atoms with van der Waals surface area (Å²) in [5, 5.41) is 14.7. The number of rotatable bonds is 3. The van der Waals surface area contributed by atoms with Crippen LogP contribution in [-0.2, 0) is 0 Å². The van der Waals surface area contributed by atoms with Crippen LogP contribution >= 0.6 is 0 Å². The van der Waals surface area contributed by atoms with Crippen molar-refractivity contribution in [1.29, 1.82) is 0 Å². The van der Waals surface area contributed by atoms with Gasteiger partial charge in [0, 0.05) is 11.7 Å². The molecule has 0 spiro atoms. The molecule has 1 aliphatic carbocycles. The Labute approximate surface area is 106 Å². The van der Waals surface area contributed by atoms with Gasteiger partial charge in [0.1, 0.15) is 6.33 Å². The molecular formula is C13H17N5. The Morgan fingerprint density at radius 3 is 2.67 bits per heavy atom. The minimum Gasteiger partial charge on any atom is -0.382 e. The Bertz CT molecular complexity index is 491. The number of hydrogen-bond acceptors (Lipinski definition) is 4. The van der Waals surface area contributed by atoms with E-state index in [1.807, 2.05) is 12.1 Å². The zero-order valence-electron chi connectivity index (χ0n) is 10.5. The van der Waals surface area contributed by atoms with Gasteiger partial charge in [-0.05, 0) is 59.9 Å². The molecule has 1 aliphatic rings. The summed E-state index contributed by atoms with van der Waals surface area (Å²) < 4.78 is 1.65. The van der Waals surface area contributed by atoms with Gasteiger partial charge < -0.3 is 5.32 Å². The highest BCUT2D eigenvalue weighted by Crippen LogP contribution is 2.27. The van der Waals surface area contributed by atoms with Crippen molar-refractivity contribution >= 4 is 5.69 Å². The van der Waals surface area contributed by atoms with E-state index in [1.165, 1.54) is 24.9 Å². The van der Waals surface area contributed by atoms with Gasteiger partial charge in [0.25, 0.3) is 0 Å². The molecule has 18 heavy (non-hydrogen) atoms. The fourth-order valence-corrected chi connectivity index (χ4v) is 2.56. The van der Waals surface area contributed by atoms with E-state index in [0.29, 0.717) is 6.04 Å². The van der Waals surface area contributed by atoms with E-state index >= 15 is 0 Å². The average Bonchev–Trinajstić information content (AvgIpc) is 3.02. The Kier molecular flexibility index (Phi) is 2.96. The molecule has 0 bridgehead atoms. The Balaban J connectivity index is 1.68. The summed E-state index contributed by atoms with van der Waals surface area (Å²) in [5.74, 6) is 0.850. The second kappa shape index (κ2) is 4.76. The number of hydrogen-bond donors (Lipinski definition) is 1. The summed E-state index contributed by atoms with van der Waals surface area (Å²) in [7, 11) is 0. The molecule has 5 nitrogen and oxygen atoms in total. The van der Waals surface area contributed by atoms with Crippen LogP contribution in [0.15, 0.2) is 30.6 Å². The molecule has 1 N–H and O–H groups in total. The quantitative estimate of drug-likeness (QED) is 0.898. The van der Waals surface area contributed by atoms with Crippen molar-refractivity contribution in [2.45, 2.75) is 32.2 Å². The lowest BCUT2D eigenvalue weighted by molar-refractivity contribution is 0.602. The number of tetrazole rings is 1. The van der Waals surface area contributed by atoms with Crippen molar-refractivity contribution in [2.75, 3.05) is 5.32 Å². The SMILES string of the molecule is CC1CCC(Nc2ccc(-n3cnnn3)cc2)C1. The van der Waals surface area contributed by atoms with Crippen LogP contribution in [0.1, 0.15) is 26.2 Å². The zero-order chi connectivity index (χ0) is 12.4. The second-order valence-corrected chi connectivity index (χ2v) is 5.06. The molecule has 5 heteroatoms. The zero-order valence-corrected chi connectivity index (χ0v) is 10.5. The number of aromatic nitrogens is 4. The maximum absolute atomic E-state index is 3.86. The third kappa shape index (κ3) is 2.34. The molecule has 3 rings (SSSR count). The molecule has 2 unspecified atom stereocenters. The minimum atomic E-state index is 0.624. The molecule has 1 heterocycles. The fraction of sp³-hybridized carbons (Fsp3) is 0.462. The van der Waals surface area contributed by atoms with Crippen LogP contribution in [0.4, 0.5) is 5.69 Å². The van der Waals surface area contributed by atoms with E-state index in [4.69, 9.17) is 0 Å². The molecule has 0 amide bonds. The van der Waals surface area contributed by atoms with Gasteiger partial charge in [-0.1, -0.05) is 6.92 Å². The first-order chi connectivity index (χ1) is 8.81. The highest BCUT2D eigenvalue weighted by Gasteiger charge is 2.20. The van der Waals surface area contributed by atoms with E-state index in [-0.39, 0.29) is 0 Å². The van der Waals surface area contributed by atoms with Crippen molar-refractivity contribution < 1.29 is 0 Å². The van der Waals surface area contributed by atoms with Crippen molar-refractivity contribution in [3.05, 3.63) is 30.6 Å².